The summed E-state index contributed by atoms with van der Waals surface area (Å²) in [4.78, 5) is 25.5. The Balaban J connectivity index is 2.04. The Morgan fingerprint density at radius 1 is 0.892 bits per heavy atom. The Labute approximate surface area is 223 Å². The van der Waals surface area contributed by atoms with E-state index in [2.05, 4.69) is 74.6 Å². The Kier molecular flexibility index (Phi) is 9.24. The number of hydrogen-bond donors (Lipinski definition) is 1. The highest BCUT2D eigenvalue weighted by atomic mass is 28.4. The van der Waals surface area contributed by atoms with Gasteiger partial charge in [0.25, 0.3) is 8.32 Å². The van der Waals surface area contributed by atoms with Gasteiger partial charge in [-0.25, -0.2) is 4.79 Å². The highest BCUT2D eigenvalue weighted by Gasteiger charge is 2.53. The van der Waals surface area contributed by atoms with E-state index in [4.69, 9.17) is 13.9 Å². The zero-order valence-corrected chi connectivity index (χ0v) is 24.4. The van der Waals surface area contributed by atoms with Crippen molar-refractivity contribution < 1.29 is 23.5 Å². The minimum Gasteiger partial charge on any atom is -0.466 e. The first-order valence-corrected chi connectivity index (χ1v) is 15.2. The predicted octanol–water partition coefficient (Wildman–Crippen LogP) is 5.19. The fraction of sp³-hybridized carbons (Fsp3) is 0.533. The van der Waals surface area contributed by atoms with Gasteiger partial charge in [-0.05, 0) is 62.4 Å². The summed E-state index contributed by atoms with van der Waals surface area (Å²) in [6, 6.07) is 20.5. The zero-order chi connectivity index (χ0) is 27.3. The molecule has 0 saturated heterocycles. The Hall–Kier alpha value is -2.64. The number of carbonyl (C=O) groups excluding carboxylic acids is 2. The molecule has 1 aliphatic carbocycles. The summed E-state index contributed by atoms with van der Waals surface area (Å²) in [6.07, 6.45) is 0.936. The van der Waals surface area contributed by atoms with E-state index in [1.807, 2.05) is 39.8 Å². The second kappa shape index (κ2) is 11.8. The van der Waals surface area contributed by atoms with Crippen LogP contribution in [0.1, 0.15) is 67.7 Å². The topological polar surface area (TPSA) is 73.9 Å². The standard InChI is InChI=1S/C30H43NO5Si/c1-8-34-27(32)22-19-20-26(25(21-22)31-28(33)35-29(2,3)4)36-37(30(5,6)7,23-15-11-9-12-16-23)24-17-13-10-14-18-24/h9-18,22,25-26H,8,19-21H2,1-7H3,(H,31,33)/t22?,25-,26-/m1/s1. The summed E-state index contributed by atoms with van der Waals surface area (Å²) in [7, 11) is -2.85. The third-order valence-corrected chi connectivity index (χ3v) is 11.9. The van der Waals surface area contributed by atoms with Crippen molar-refractivity contribution in [2.24, 2.45) is 5.92 Å². The highest BCUT2D eigenvalue weighted by molar-refractivity contribution is 6.99. The monoisotopic (exact) mass is 525 g/mol. The smallest absolute Gasteiger partial charge is 0.407 e. The molecule has 1 aliphatic rings. The second-order valence-corrected chi connectivity index (χ2v) is 16.1. The molecule has 6 nitrogen and oxygen atoms in total. The molecule has 3 atom stereocenters. The van der Waals surface area contributed by atoms with Crippen LogP contribution in [0.2, 0.25) is 5.04 Å². The summed E-state index contributed by atoms with van der Waals surface area (Å²) < 4.78 is 18.3. The fourth-order valence-corrected chi connectivity index (χ4v) is 10.0. The van der Waals surface area contributed by atoms with Gasteiger partial charge in [0.05, 0.1) is 24.7 Å². The van der Waals surface area contributed by atoms with Gasteiger partial charge in [0.15, 0.2) is 0 Å². The number of alkyl carbamates (subject to hydrolysis) is 1. The van der Waals surface area contributed by atoms with Gasteiger partial charge in [-0.2, -0.15) is 0 Å². The molecule has 0 spiro atoms. The van der Waals surface area contributed by atoms with Crippen LogP contribution in [0.4, 0.5) is 4.79 Å². The summed E-state index contributed by atoms with van der Waals surface area (Å²) in [5.41, 5.74) is -0.631. The molecule has 1 unspecified atom stereocenters. The van der Waals surface area contributed by atoms with E-state index in [1.165, 1.54) is 10.4 Å². The van der Waals surface area contributed by atoms with Crippen LogP contribution in [-0.4, -0.2) is 44.7 Å². The van der Waals surface area contributed by atoms with Crippen LogP contribution in [-0.2, 0) is 18.7 Å². The molecule has 0 aromatic heterocycles. The lowest BCUT2D eigenvalue weighted by Gasteiger charge is -2.48. The molecule has 0 bridgehead atoms. The average Bonchev–Trinajstić information content (AvgIpc) is 2.82. The van der Waals surface area contributed by atoms with Gasteiger partial charge in [-0.3, -0.25) is 4.79 Å². The van der Waals surface area contributed by atoms with Gasteiger partial charge in [-0.1, -0.05) is 81.4 Å². The third-order valence-electron chi connectivity index (χ3n) is 6.85. The van der Waals surface area contributed by atoms with Crippen LogP contribution in [0.15, 0.2) is 60.7 Å². The molecule has 0 aliphatic heterocycles. The minimum absolute atomic E-state index is 0.204. The summed E-state index contributed by atoms with van der Waals surface area (Å²) in [5.74, 6) is -0.513. The van der Waals surface area contributed by atoms with E-state index >= 15 is 0 Å². The fourth-order valence-electron chi connectivity index (χ4n) is 5.29. The predicted molar refractivity (Wildman–Crippen MR) is 150 cm³/mol. The van der Waals surface area contributed by atoms with Gasteiger partial charge in [0.1, 0.15) is 5.60 Å². The van der Waals surface area contributed by atoms with E-state index in [9.17, 15) is 9.59 Å². The largest absolute Gasteiger partial charge is 0.466 e. The molecule has 1 N–H and O–H groups in total. The van der Waals surface area contributed by atoms with Gasteiger partial charge < -0.3 is 19.2 Å². The van der Waals surface area contributed by atoms with Crippen molar-refractivity contribution in [2.45, 2.75) is 90.5 Å². The van der Waals surface area contributed by atoms with Crippen LogP contribution in [0, 0.1) is 5.92 Å². The van der Waals surface area contributed by atoms with Gasteiger partial charge in [0.2, 0.25) is 0 Å². The Morgan fingerprint density at radius 3 is 1.89 bits per heavy atom. The number of esters is 1. The lowest BCUT2D eigenvalue weighted by Crippen LogP contribution is -2.69. The maximum atomic E-state index is 12.9. The normalized spacial score (nSPS) is 20.7. The summed E-state index contributed by atoms with van der Waals surface area (Å²) in [5, 5.41) is 5.21. The van der Waals surface area contributed by atoms with Gasteiger partial charge >= 0.3 is 12.1 Å². The van der Waals surface area contributed by atoms with E-state index in [0.29, 0.717) is 25.9 Å². The molecule has 2 aromatic carbocycles. The van der Waals surface area contributed by atoms with Crippen LogP contribution in [0.3, 0.4) is 0 Å². The molecule has 0 heterocycles. The van der Waals surface area contributed by atoms with Crippen molar-refractivity contribution in [1.82, 2.24) is 5.32 Å². The average molecular weight is 526 g/mol. The van der Waals surface area contributed by atoms with Crippen molar-refractivity contribution in [1.29, 1.82) is 0 Å². The van der Waals surface area contributed by atoms with Gasteiger partial charge in [0, 0.05) is 0 Å². The van der Waals surface area contributed by atoms with E-state index in [0.717, 1.165) is 0 Å². The van der Waals surface area contributed by atoms with Crippen molar-refractivity contribution in [3.63, 3.8) is 0 Å². The molecule has 7 heteroatoms. The van der Waals surface area contributed by atoms with Crippen LogP contribution in [0.5, 0.6) is 0 Å². The van der Waals surface area contributed by atoms with E-state index in [1.54, 1.807) is 0 Å². The molecular weight excluding hydrogens is 482 g/mol. The molecule has 37 heavy (non-hydrogen) atoms. The number of benzene rings is 2. The summed E-state index contributed by atoms with van der Waals surface area (Å²) >= 11 is 0. The molecule has 2 aromatic rings. The number of ether oxygens (including phenoxy) is 2. The molecular formula is C30H43NO5Si. The number of carbonyl (C=O) groups is 2. The number of nitrogens with one attached hydrogen (secondary N) is 1. The highest BCUT2D eigenvalue weighted by Crippen LogP contribution is 2.40. The van der Waals surface area contributed by atoms with Crippen molar-refractivity contribution in [2.75, 3.05) is 6.61 Å². The molecule has 1 saturated carbocycles. The Bertz CT molecular complexity index is 990. The first kappa shape index (κ1) is 28.9. The molecule has 1 fully saturated rings. The number of rotatable bonds is 7. The first-order valence-electron chi connectivity index (χ1n) is 13.3. The second-order valence-electron chi connectivity index (χ2n) is 11.8. The van der Waals surface area contributed by atoms with Crippen molar-refractivity contribution >= 4 is 30.8 Å². The van der Waals surface area contributed by atoms with E-state index in [-0.39, 0.29) is 29.1 Å². The quantitative estimate of drug-likeness (QED) is 0.398. The molecule has 0 radical (unpaired) electrons. The first-order chi connectivity index (χ1) is 17.4. The minimum atomic E-state index is -2.85. The van der Waals surface area contributed by atoms with Crippen LogP contribution in [0.25, 0.3) is 0 Å². The lowest BCUT2D eigenvalue weighted by atomic mass is 9.84. The van der Waals surface area contributed by atoms with Gasteiger partial charge in [-0.15, -0.1) is 0 Å². The number of hydrogen-bond acceptors (Lipinski definition) is 5. The number of amides is 1. The Morgan fingerprint density at radius 2 is 1.43 bits per heavy atom. The molecule has 1 amide bonds. The summed E-state index contributed by atoms with van der Waals surface area (Å²) in [6.45, 7) is 14.4. The maximum absolute atomic E-state index is 12.9. The third kappa shape index (κ3) is 7.02. The molecule has 202 valence electrons. The van der Waals surface area contributed by atoms with Crippen molar-refractivity contribution in [3.8, 4) is 0 Å². The molecule has 3 rings (SSSR count). The maximum Gasteiger partial charge on any atom is 0.407 e. The van der Waals surface area contributed by atoms with E-state index < -0.39 is 20.0 Å². The van der Waals surface area contributed by atoms with Crippen LogP contribution < -0.4 is 15.7 Å². The lowest BCUT2D eigenvalue weighted by molar-refractivity contribution is -0.150. The SMILES string of the molecule is CCOC(=O)C1CC[C@@H](O[Si](c2ccccc2)(c2ccccc2)C(C)(C)C)[C@H](NC(=O)OC(C)(C)C)C1. The van der Waals surface area contributed by atoms with Crippen molar-refractivity contribution in [3.05, 3.63) is 60.7 Å². The zero-order valence-electron chi connectivity index (χ0n) is 23.4. The van der Waals surface area contributed by atoms with Crippen LogP contribution >= 0.6 is 0 Å².